The molecule has 9 heteroatoms. The van der Waals surface area contributed by atoms with Crippen LogP contribution >= 0.6 is 0 Å². The third kappa shape index (κ3) is 3.34. The maximum absolute atomic E-state index is 12.7. The van der Waals surface area contributed by atoms with Crippen molar-refractivity contribution >= 4 is 17.5 Å². The van der Waals surface area contributed by atoms with Crippen molar-refractivity contribution < 1.29 is 14.3 Å². The summed E-state index contributed by atoms with van der Waals surface area (Å²) in [5.41, 5.74) is 2.66. The number of aromatic nitrogens is 4. The molecule has 2 aliphatic rings. The Morgan fingerprint density at radius 2 is 1.78 bits per heavy atom. The van der Waals surface area contributed by atoms with Crippen LogP contribution < -0.4 is 19.7 Å². The number of anilines is 2. The number of ether oxygens (including phenoxy) is 2. The second-order valence-corrected chi connectivity index (χ2v) is 8.09. The molecule has 3 aromatic rings. The Morgan fingerprint density at radius 3 is 2.47 bits per heavy atom. The van der Waals surface area contributed by atoms with Gasteiger partial charge in [0.1, 0.15) is 5.82 Å². The van der Waals surface area contributed by atoms with Crippen molar-refractivity contribution in [2.75, 3.05) is 37.5 Å². The van der Waals surface area contributed by atoms with Gasteiger partial charge in [0.05, 0.1) is 19.9 Å². The smallest absolute Gasteiger partial charge is 0.226 e. The van der Waals surface area contributed by atoms with Gasteiger partial charge in [-0.2, -0.15) is 9.78 Å². The van der Waals surface area contributed by atoms with Crippen molar-refractivity contribution in [3.05, 3.63) is 47.2 Å². The number of nitrogens with one attached hydrogen (secondary N) is 1. The number of rotatable bonds is 5. The third-order valence-electron chi connectivity index (χ3n) is 6.19. The van der Waals surface area contributed by atoms with E-state index in [-0.39, 0.29) is 11.8 Å². The zero-order valence-electron chi connectivity index (χ0n) is 18.5. The highest BCUT2D eigenvalue weighted by Crippen LogP contribution is 2.45. The molecule has 4 heterocycles. The second kappa shape index (κ2) is 8.14. The first-order valence-corrected chi connectivity index (χ1v) is 10.8. The van der Waals surface area contributed by atoms with Gasteiger partial charge in [0.25, 0.3) is 0 Å². The maximum atomic E-state index is 12.7. The van der Waals surface area contributed by atoms with Crippen LogP contribution in [-0.2, 0) is 4.79 Å². The molecule has 32 heavy (non-hydrogen) atoms. The molecular formula is C23H26N6O3. The highest BCUT2D eigenvalue weighted by atomic mass is 16.5. The Kier molecular flexibility index (Phi) is 5.16. The molecule has 1 N–H and O–H groups in total. The summed E-state index contributed by atoms with van der Waals surface area (Å²) in [6, 6.07) is 9.58. The Bertz CT molecular complexity index is 1150. The molecule has 9 nitrogen and oxygen atoms in total. The molecule has 0 saturated carbocycles. The molecule has 0 spiro atoms. The fourth-order valence-corrected chi connectivity index (χ4v) is 4.71. The molecule has 5 rings (SSSR count). The molecule has 0 unspecified atom stereocenters. The average molecular weight is 435 g/mol. The topological polar surface area (TPSA) is 94.4 Å². The number of hydrogen-bond acceptors (Lipinski definition) is 7. The van der Waals surface area contributed by atoms with Gasteiger partial charge in [0.2, 0.25) is 5.91 Å². The lowest BCUT2D eigenvalue weighted by Gasteiger charge is -2.26. The van der Waals surface area contributed by atoms with E-state index in [1.807, 2.05) is 37.3 Å². The van der Waals surface area contributed by atoms with Crippen LogP contribution in [0.15, 0.2) is 30.3 Å². The lowest BCUT2D eigenvalue weighted by atomic mass is 9.85. The van der Waals surface area contributed by atoms with Crippen LogP contribution in [0.5, 0.6) is 11.5 Å². The minimum absolute atomic E-state index is 0.0878. The van der Waals surface area contributed by atoms with E-state index in [1.165, 1.54) is 12.8 Å². The van der Waals surface area contributed by atoms with Gasteiger partial charge in [-0.05, 0) is 38.0 Å². The van der Waals surface area contributed by atoms with Crippen LogP contribution in [0.25, 0.3) is 5.82 Å². The first-order valence-electron chi connectivity index (χ1n) is 10.8. The van der Waals surface area contributed by atoms with Crippen molar-refractivity contribution in [3.63, 3.8) is 0 Å². The minimum atomic E-state index is -0.214. The predicted molar refractivity (Wildman–Crippen MR) is 120 cm³/mol. The lowest BCUT2D eigenvalue weighted by Crippen LogP contribution is -2.25. The molecule has 2 aromatic heterocycles. The number of aryl methyl sites for hydroxylation is 1. The molecular weight excluding hydrogens is 408 g/mol. The molecule has 1 fully saturated rings. The van der Waals surface area contributed by atoms with Gasteiger partial charge in [0, 0.05) is 36.6 Å². The van der Waals surface area contributed by atoms with Crippen molar-refractivity contribution in [3.8, 4) is 17.3 Å². The first kappa shape index (κ1) is 20.3. The van der Waals surface area contributed by atoms with Crippen LogP contribution in [0.4, 0.5) is 11.6 Å². The quantitative estimate of drug-likeness (QED) is 0.659. The van der Waals surface area contributed by atoms with Crippen molar-refractivity contribution in [1.82, 2.24) is 20.0 Å². The van der Waals surface area contributed by atoms with E-state index in [1.54, 1.807) is 18.9 Å². The third-order valence-corrected chi connectivity index (χ3v) is 6.19. The summed E-state index contributed by atoms with van der Waals surface area (Å²) in [4.78, 5) is 14.9. The van der Waals surface area contributed by atoms with Crippen LogP contribution in [0.1, 0.15) is 42.0 Å². The maximum Gasteiger partial charge on any atom is 0.226 e. The summed E-state index contributed by atoms with van der Waals surface area (Å²) in [5, 5.41) is 16.5. The van der Waals surface area contributed by atoms with Gasteiger partial charge in [-0.25, -0.2) is 0 Å². The number of hydrogen-bond donors (Lipinski definition) is 1. The van der Waals surface area contributed by atoms with Gasteiger partial charge < -0.3 is 19.7 Å². The average Bonchev–Trinajstić information content (AvgIpc) is 3.46. The zero-order valence-corrected chi connectivity index (χ0v) is 18.5. The zero-order chi connectivity index (χ0) is 22.2. The van der Waals surface area contributed by atoms with Gasteiger partial charge in [-0.3, -0.25) is 4.79 Å². The van der Waals surface area contributed by atoms with Crippen LogP contribution in [-0.4, -0.2) is 53.2 Å². The Hall–Kier alpha value is -3.62. The molecule has 0 aliphatic carbocycles. The molecule has 1 amide bonds. The summed E-state index contributed by atoms with van der Waals surface area (Å²) in [5.74, 6) is 3.01. The van der Waals surface area contributed by atoms with Crippen molar-refractivity contribution in [2.45, 2.75) is 32.1 Å². The summed E-state index contributed by atoms with van der Waals surface area (Å²) >= 11 is 0. The summed E-state index contributed by atoms with van der Waals surface area (Å²) in [6.45, 7) is 3.95. The molecule has 1 aromatic carbocycles. The predicted octanol–water partition coefficient (Wildman–Crippen LogP) is 3.06. The molecule has 1 atom stereocenters. The monoisotopic (exact) mass is 434 g/mol. The standard InChI is InChI=1S/C23H26N6O3/c1-14-21-16(15-7-6-8-17(31-2)22(15)32-3)13-20(30)24-23(21)29(27-14)19-10-9-18(25-26-19)28-11-4-5-12-28/h6-10,16H,4-5,11-13H2,1-3H3,(H,24,30)/t16-/m0/s1. The lowest BCUT2D eigenvalue weighted by molar-refractivity contribution is -0.116. The number of methoxy groups -OCH3 is 2. The van der Waals surface area contributed by atoms with E-state index in [0.717, 1.165) is 35.7 Å². The van der Waals surface area contributed by atoms with Gasteiger partial charge in [-0.1, -0.05) is 12.1 Å². The summed E-state index contributed by atoms with van der Waals surface area (Å²) in [7, 11) is 3.22. The number of carbonyl (C=O) groups is 1. The van der Waals surface area contributed by atoms with E-state index >= 15 is 0 Å². The normalized spacial score (nSPS) is 17.8. The summed E-state index contributed by atoms with van der Waals surface area (Å²) < 4.78 is 12.8. The highest BCUT2D eigenvalue weighted by molar-refractivity contribution is 5.95. The fourth-order valence-electron chi connectivity index (χ4n) is 4.71. The van der Waals surface area contributed by atoms with Crippen molar-refractivity contribution in [1.29, 1.82) is 0 Å². The van der Waals surface area contributed by atoms with Gasteiger partial charge in [0.15, 0.2) is 23.1 Å². The van der Waals surface area contributed by atoms with Gasteiger partial charge in [-0.15, -0.1) is 10.2 Å². The summed E-state index contributed by atoms with van der Waals surface area (Å²) in [6.07, 6.45) is 2.65. The Labute approximate surface area is 186 Å². The highest BCUT2D eigenvalue weighted by Gasteiger charge is 2.35. The van der Waals surface area contributed by atoms with E-state index in [4.69, 9.17) is 14.6 Å². The minimum Gasteiger partial charge on any atom is -0.493 e. The molecule has 166 valence electrons. The SMILES string of the molecule is COc1cccc([C@@H]2CC(=O)Nc3c2c(C)nn3-c2ccc(N3CCCC3)nn2)c1OC. The second-order valence-electron chi connectivity index (χ2n) is 8.09. The van der Waals surface area contributed by atoms with Crippen LogP contribution in [0.2, 0.25) is 0 Å². The van der Waals surface area contributed by atoms with Crippen LogP contribution in [0.3, 0.4) is 0 Å². The van der Waals surface area contributed by atoms with E-state index in [2.05, 4.69) is 20.4 Å². The van der Waals surface area contributed by atoms with Crippen LogP contribution in [0, 0.1) is 6.92 Å². The van der Waals surface area contributed by atoms with Crippen molar-refractivity contribution in [2.24, 2.45) is 0 Å². The number of fused-ring (bicyclic) bond motifs is 1. The Balaban J connectivity index is 1.57. The molecule has 2 aliphatic heterocycles. The number of para-hydroxylation sites is 1. The number of benzene rings is 1. The number of carbonyl (C=O) groups excluding carboxylic acids is 1. The first-order chi connectivity index (χ1) is 15.6. The fraction of sp³-hybridized carbons (Fsp3) is 0.391. The Morgan fingerprint density at radius 1 is 1.03 bits per heavy atom. The van der Waals surface area contributed by atoms with E-state index < -0.39 is 0 Å². The van der Waals surface area contributed by atoms with Gasteiger partial charge >= 0.3 is 0 Å². The van der Waals surface area contributed by atoms with E-state index in [9.17, 15) is 4.79 Å². The van der Waals surface area contributed by atoms with E-state index in [0.29, 0.717) is 29.6 Å². The largest absolute Gasteiger partial charge is 0.493 e. The molecule has 1 saturated heterocycles. The molecule has 0 bridgehead atoms. The number of nitrogens with zero attached hydrogens (tertiary/aromatic N) is 5. The number of amides is 1. The molecule has 0 radical (unpaired) electrons.